The highest BCUT2D eigenvalue weighted by molar-refractivity contribution is 7.80. The zero-order chi connectivity index (χ0) is 22.5. The molecule has 0 saturated carbocycles. The normalized spacial score (nSPS) is 30.7. The lowest BCUT2D eigenvalue weighted by molar-refractivity contribution is 0.416. The smallest absolute Gasteiger partial charge is 0.0617 e. The van der Waals surface area contributed by atoms with Crippen molar-refractivity contribution in [3.8, 4) is 0 Å². The predicted molar refractivity (Wildman–Crippen MR) is 143 cm³/mol. The highest BCUT2D eigenvalue weighted by Gasteiger charge is 2.34. The maximum absolute atomic E-state index is 4.31. The Morgan fingerprint density at radius 2 is 1.85 bits per heavy atom. The Morgan fingerprint density at radius 1 is 0.970 bits per heavy atom. The Labute approximate surface area is 204 Å². The lowest BCUT2D eigenvalue weighted by Crippen LogP contribution is -2.27. The van der Waals surface area contributed by atoms with Gasteiger partial charge in [0, 0.05) is 30.0 Å². The average molecular weight is 455 g/mol. The van der Waals surface area contributed by atoms with Crippen LogP contribution in [0, 0.1) is 11.8 Å². The lowest BCUT2D eigenvalue weighted by Gasteiger charge is -2.29. The van der Waals surface area contributed by atoms with E-state index in [2.05, 4.69) is 120 Å². The van der Waals surface area contributed by atoms with E-state index in [0.29, 0.717) is 23.8 Å². The van der Waals surface area contributed by atoms with E-state index in [1.165, 1.54) is 22.4 Å². The van der Waals surface area contributed by atoms with E-state index in [4.69, 9.17) is 0 Å². The van der Waals surface area contributed by atoms with Crippen LogP contribution in [-0.2, 0) is 0 Å². The fourth-order valence-corrected chi connectivity index (χ4v) is 5.18. The molecular formula is C30H34N2S. The van der Waals surface area contributed by atoms with E-state index in [0.717, 1.165) is 38.0 Å². The van der Waals surface area contributed by atoms with Crippen LogP contribution in [0.25, 0.3) is 0 Å². The molecule has 0 amide bonds. The molecule has 0 aromatic heterocycles. The van der Waals surface area contributed by atoms with Gasteiger partial charge in [-0.3, -0.25) is 0 Å². The molecule has 0 spiro atoms. The average Bonchev–Trinajstić information content (AvgIpc) is 3.63. The first-order valence-electron chi connectivity index (χ1n) is 12.3. The summed E-state index contributed by atoms with van der Waals surface area (Å²) in [6, 6.07) is 11.4. The molecule has 5 unspecified atom stereocenters. The van der Waals surface area contributed by atoms with Crippen LogP contribution >= 0.6 is 12.6 Å². The second-order valence-electron chi connectivity index (χ2n) is 9.35. The Bertz CT molecular complexity index is 1040. The van der Waals surface area contributed by atoms with Crippen molar-refractivity contribution in [2.75, 3.05) is 12.3 Å². The van der Waals surface area contributed by atoms with Crippen molar-refractivity contribution >= 4 is 12.6 Å². The van der Waals surface area contributed by atoms with E-state index < -0.39 is 0 Å². The zero-order valence-electron chi connectivity index (χ0n) is 19.2. The SMILES string of the molecule is SCCC=CC1CN1NC1=C(C2C=CC(C3C=CC=CC3)=CC2)C=CC(c2ccccc2)C1. The third kappa shape index (κ3) is 5.54. The van der Waals surface area contributed by atoms with Crippen LogP contribution in [0.5, 0.6) is 0 Å². The number of hydrazine groups is 1. The second-order valence-corrected chi connectivity index (χ2v) is 9.79. The van der Waals surface area contributed by atoms with Crippen LogP contribution in [0.2, 0.25) is 0 Å². The molecule has 1 aromatic carbocycles. The van der Waals surface area contributed by atoms with E-state index in [1.54, 1.807) is 0 Å². The van der Waals surface area contributed by atoms with Gasteiger partial charge in [-0.25, -0.2) is 5.01 Å². The van der Waals surface area contributed by atoms with Crippen molar-refractivity contribution in [3.05, 3.63) is 120 Å². The predicted octanol–water partition coefficient (Wildman–Crippen LogP) is 6.68. The number of rotatable bonds is 8. The molecule has 5 rings (SSSR count). The van der Waals surface area contributed by atoms with Gasteiger partial charge in [0.1, 0.15) is 0 Å². The highest BCUT2D eigenvalue weighted by Crippen LogP contribution is 2.38. The molecule has 5 atom stereocenters. The molecule has 2 nitrogen and oxygen atoms in total. The lowest BCUT2D eigenvalue weighted by atomic mass is 9.79. The summed E-state index contributed by atoms with van der Waals surface area (Å²) in [5.41, 5.74) is 9.48. The van der Waals surface area contributed by atoms with Gasteiger partial charge in [-0.05, 0) is 48.1 Å². The summed E-state index contributed by atoms with van der Waals surface area (Å²) in [6.07, 6.45) is 29.8. The van der Waals surface area contributed by atoms with Crippen molar-refractivity contribution in [2.24, 2.45) is 11.8 Å². The summed E-state index contributed by atoms with van der Waals surface area (Å²) in [5, 5.41) is 2.36. The maximum atomic E-state index is 4.31. The molecule has 3 aliphatic carbocycles. The summed E-state index contributed by atoms with van der Waals surface area (Å²) < 4.78 is 0. The van der Waals surface area contributed by atoms with Gasteiger partial charge >= 0.3 is 0 Å². The third-order valence-electron chi connectivity index (χ3n) is 7.03. The quantitative estimate of drug-likeness (QED) is 0.259. The highest BCUT2D eigenvalue weighted by atomic mass is 32.1. The summed E-state index contributed by atoms with van der Waals surface area (Å²) in [4.78, 5) is 0. The number of benzene rings is 1. The number of nitrogens with zero attached hydrogens (tertiary/aromatic N) is 1. The Morgan fingerprint density at radius 3 is 2.61 bits per heavy atom. The number of nitrogens with one attached hydrogen (secondary N) is 1. The summed E-state index contributed by atoms with van der Waals surface area (Å²) >= 11 is 4.31. The molecule has 170 valence electrons. The molecule has 1 fully saturated rings. The molecule has 1 saturated heterocycles. The van der Waals surface area contributed by atoms with Gasteiger partial charge in [-0.1, -0.05) is 97.2 Å². The minimum atomic E-state index is 0.424. The van der Waals surface area contributed by atoms with Gasteiger partial charge < -0.3 is 5.43 Å². The molecule has 1 aromatic rings. The largest absolute Gasteiger partial charge is 0.322 e. The molecule has 33 heavy (non-hydrogen) atoms. The van der Waals surface area contributed by atoms with Gasteiger partial charge in [-0.2, -0.15) is 12.6 Å². The van der Waals surface area contributed by atoms with E-state index in [-0.39, 0.29) is 0 Å². The summed E-state index contributed by atoms with van der Waals surface area (Å²) in [7, 11) is 0. The van der Waals surface area contributed by atoms with Crippen LogP contribution < -0.4 is 5.43 Å². The van der Waals surface area contributed by atoms with Gasteiger partial charge in [0.05, 0.1) is 6.04 Å². The first-order valence-corrected chi connectivity index (χ1v) is 12.9. The van der Waals surface area contributed by atoms with Gasteiger partial charge in [0.25, 0.3) is 0 Å². The number of hydrogen-bond donors (Lipinski definition) is 2. The monoisotopic (exact) mass is 454 g/mol. The van der Waals surface area contributed by atoms with E-state index in [9.17, 15) is 0 Å². The van der Waals surface area contributed by atoms with Gasteiger partial charge in [0.2, 0.25) is 0 Å². The molecule has 4 aliphatic rings. The van der Waals surface area contributed by atoms with Crippen molar-refractivity contribution < 1.29 is 0 Å². The van der Waals surface area contributed by atoms with Crippen LogP contribution in [0.4, 0.5) is 0 Å². The van der Waals surface area contributed by atoms with Crippen molar-refractivity contribution in [1.29, 1.82) is 0 Å². The Balaban J connectivity index is 1.32. The minimum Gasteiger partial charge on any atom is -0.322 e. The van der Waals surface area contributed by atoms with E-state index in [1.807, 2.05) is 0 Å². The third-order valence-corrected chi connectivity index (χ3v) is 7.29. The van der Waals surface area contributed by atoms with Crippen LogP contribution in [0.15, 0.2) is 114 Å². The topological polar surface area (TPSA) is 15.0 Å². The molecule has 1 N–H and O–H groups in total. The van der Waals surface area contributed by atoms with Crippen molar-refractivity contribution in [2.45, 2.75) is 37.6 Å². The zero-order valence-corrected chi connectivity index (χ0v) is 20.1. The molecule has 3 heteroatoms. The first kappa shape index (κ1) is 22.3. The Kier molecular flexibility index (Phi) is 7.18. The van der Waals surface area contributed by atoms with E-state index >= 15 is 0 Å². The molecule has 1 aliphatic heterocycles. The van der Waals surface area contributed by atoms with Crippen molar-refractivity contribution in [1.82, 2.24) is 10.4 Å². The van der Waals surface area contributed by atoms with Gasteiger partial charge in [-0.15, -0.1) is 0 Å². The van der Waals surface area contributed by atoms with Crippen LogP contribution in [0.1, 0.15) is 37.2 Å². The maximum Gasteiger partial charge on any atom is 0.0617 e. The van der Waals surface area contributed by atoms with Crippen molar-refractivity contribution in [3.63, 3.8) is 0 Å². The molecular weight excluding hydrogens is 420 g/mol. The number of allylic oxidation sites excluding steroid dienone is 13. The second kappa shape index (κ2) is 10.6. The standard InChI is InChI=1S/C30H34N2S/c33-20-8-7-13-28-22-32(28)31-30-21-27(24-11-5-2-6-12-24)18-19-29(30)26-16-14-25(15-17-26)23-9-3-1-4-10-23/h1-7,9,11-16,18-19,23,26-28,31,33H,8,10,17,20-22H2. The fourth-order valence-electron chi connectivity index (χ4n) is 5.03. The van der Waals surface area contributed by atoms with Crippen LogP contribution in [-0.4, -0.2) is 23.3 Å². The summed E-state index contributed by atoms with van der Waals surface area (Å²) in [6.45, 7) is 1.08. The number of hydrogen-bond acceptors (Lipinski definition) is 3. The minimum absolute atomic E-state index is 0.424. The van der Waals surface area contributed by atoms with Gasteiger partial charge in [0.15, 0.2) is 0 Å². The molecule has 0 bridgehead atoms. The molecule has 1 heterocycles. The molecule has 0 radical (unpaired) electrons. The fraction of sp³-hybridized carbons (Fsp3) is 0.333. The summed E-state index contributed by atoms with van der Waals surface area (Å²) in [5.74, 6) is 2.30. The Hall–Kier alpha value is -2.49. The number of thiol groups is 1. The van der Waals surface area contributed by atoms with Crippen LogP contribution in [0.3, 0.4) is 0 Å². The first-order chi connectivity index (χ1) is 16.3.